The highest BCUT2D eigenvalue weighted by Crippen LogP contribution is 2.31. The van der Waals surface area contributed by atoms with Crippen LogP contribution >= 0.6 is 0 Å². The maximum Gasteiger partial charge on any atom is 0.223 e. The van der Waals surface area contributed by atoms with Crippen molar-refractivity contribution in [3.05, 3.63) is 35.9 Å². The summed E-state index contributed by atoms with van der Waals surface area (Å²) in [7, 11) is 0. The van der Waals surface area contributed by atoms with E-state index in [9.17, 15) is 4.79 Å². The number of amides is 1. The largest absolute Gasteiger partial charge is 0.340 e. The predicted octanol–water partition coefficient (Wildman–Crippen LogP) is 0.483. The Morgan fingerprint density at radius 3 is 2.61 bits per heavy atom. The summed E-state index contributed by atoms with van der Waals surface area (Å²) in [5.74, 6) is 1.28. The van der Waals surface area contributed by atoms with Crippen LogP contribution in [-0.4, -0.2) is 68.1 Å². The number of nitrogens with zero attached hydrogens (tertiary/aromatic N) is 2. The maximum absolute atomic E-state index is 12.3. The summed E-state index contributed by atoms with van der Waals surface area (Å²) >= 11 is 0. The summed E-state index contributed by atoms with van der Waals surface area (Å²) in [5, 5.41) is 3.29. The molecule has 0 saturated carbocycles. The third-order valence-electron chi connectivity index (χ3n) is 5.16. The second-order valence-electron chi connectivity index (χ2n) is 6.65. The van der Waals surface area contributed by atoms with Gasteiger partial charge in [-0.05, 0) is 18.0 Å². The van der Waals surface area contributed by atoms with Crippen LogP contribution in [0.2, 0.25) is 0 Å². The van der Waals surface area contributed by atoms with Crippen LogP contribution in [0.1, 0.15) is 17.9 Å². The van der Waals surface area contributed by atoms with E-state index < -0.39 is 0 Å². The number of hydrogen-bond donors (Lipinski definition) is 2. The molecule has 2 aliphatic heterocycles. The maximum atomic E-state index is 12.3. The Morgan fingerprint density at radius 1 is 1.17 bits per heavy atom. The molecule has 23 heavy (non-hydrogen) atoms. The molecule has 5 nitrogen and oxygen atoms in total. The van der Waals surface area contributed by atoms with E-state index in [-0.39, 0.29) is 0 Å². The summed E-state index contributed by atoms with van der Waals surface area (Å²) in [6.45, 7) is 7.10. The Labute approximate surface area is 138 Å². The van der Waals surface area contributed by atoms with Crippen LogP contribution in [0.4, 0.5) is 0 Å². The van der Waals surface area contributed by atoms with Gasteiger partial charge >= 0.3 is 0 Å². The molecule has 2 fully saturated rings. The van der Waals surface area contributed by atoms with Crippen LogP contribution in [0.5, 0.6) is 0 Å². The average molecular weight is 316 g/mol. The van der Waals surface area contributed by atoms with Crippen molar-refractivity contribution in [2.45, 2.75) is 12.3 Å². The molecule has 1 aromatic rings. The minimum atomic E-state index is 0.291. The summed E-state index contributed by atoms with van der Waals surface area (Å²) in [6, 6.07) is 10.6. The van der Waals surface area contributed by atoms with Gasteiger partial charge in [0.25, 0.3) is 0 Å². The fourth-order valence-corrected chi connectivity index (χ4v) is 3.79. The van der Waals surface area contributed by atoms with E-state index in [4.69, 9.17) is 5.73 Å². The van der Waals surface area contributed by atoms with Crippen LogP contribution in [0, 0.1) is 5.92 Å². The van der Waals surface area contributed by atoms with Crippen molar-refractivity contribution in [1.29, 1.82) is 0 Å². The van der Waals surface area contributed by atoms with E-state index in [0.29, 0.717) is 30.7 Å². The molecule has 2 atom stereocenters. The molecule has 2 saturated heterocycles. The highest BCUT2D eigenvalue weighted by molar-refractivity contribution is 5.76. The monoisotopic (exact) mass is 316 g/mol. The highest BCUT2D eigenvalue weighted by Gasteiger charge is 2.32. The first-order valence-electron chi connectivity index (χ1n) is 8.74. The van der Waals surface area contributed by atoms with Gasteiger partial charge in [0.2, 0.25) is 5.91 Å². The number of rotatable bonds is 5. The van der Waals surface area contributed by atoms with Crippen molar-refractivity contribution in [2.75, 3.05) is 52.4 Å². The molecule has 0 aliphatic carbocycles. The zero-order chi connectivity index (χ0) is 16.1. The molecule has 0 spiro atoms. The van der Waals surface area contributed by atoms with Crippen LogP contribution in [0.25, 0.3) is 0 Å². The zero-order valence-electron chi connectivity index (χ0n) is 13.8. The molecule has 2 heterocycles. The van der Waals surface area contributed by atoms with Gasteiger partial charge in [-0.2, -0.15) is 0 Å². The van der Waals surface area contributed by atoms with E-state index in [1.54, 1.807) is 0 Å². The summed E-state index contributed by atoms with van der Waals surface area (Å²) in [6.07, 6.45) is 0.624. The van der Waals surface area contributed by atoms with Gasteiger partial charge < -0.3 is 20.9 Å². The molecule has 0 radical (unpaired) electrons. The van der Waals surface area contributed by atoms with Crippen molar-refractivity contribution in [2.24, 2.45) is 11.7 Å². The van der Waals surface area contributed by atoms with Crippen molar-refractivity contribution >= 4 is 5.91 Å². The summed E-state index contributed by atoms with van der Waals surface area (Å²) in [5.41, 5.74) is 7.36. The first kappa shape index (κ1) is 16.4. The number of hydrogen-bond acceptors (Lipinski definition) is 4. The van der Waals surface area contributed by atoms with Gasteiger partial charge in [-0.1, -0.05) is 30.3 Å². The topological polar surface area (TPSA) is 61.6 Å². The fourth-order valence-electron chi connectivity index (χ4n) is 3.79. The van der Waals surface area contributed by atoms with E-state index in [1.165, 1.54) is 5.56 Å². The SMILES string of the molecule is NC[C@@H]1CN(CCC(=O)N2CCNCC2)C[C@H]1c1ccccc1. The first-order valence-corrected chi connectivity index (χ1v) is 8.74. The molecule has 126 valence electrons. The molecule has 0 bridgehead atoms. The van der Waals surface area contributed by atoms with Gasteiger partial charge in [0, 0.05) is 58.2 Å². The summed E-state index contributed by atoms with van der Waals surface area (Å²) in [4.78, 5) is 16.7. The van der Waals surface area contributed by atoms with E-state index in [1.807, 2.05) is 4.90 Å². The molecule has 2 aliphatic rings. The van der Waals surface area contributed by atoms with Crippen molar-refractivity contribution in [1.82, 2.24) is 15.1 Å². The predicted molar refractivity (Wildman–Crippen MR) is 92.2 cm³/mol. The van der Waals surface area contributed by atoms with E-state index in [2.05, 4.69) is 40.5 Å². The minimum absolute atomic E-state index is 0.291. The Morgan fingerprint density at radius 2 is 1.91 bits per heavy atom. The Kier molecular flexibility index (Phi) is 5.65. The molecule has 0 aromatic heterocycles. The van der Waals surface area contributed by atoms with Crippen molar-refractivity contribution < 1.29 is 4.79 Å². The number of piperazine rings is 1. The molecule has 1 aromatic carbocycles. The Balaban J connectivity index is 1.52. The standard InChI is InChI=1S/C18H28N4O/c19-12-16-13-21(14-17(16)15-4-2-1-3-5-15)9-6-18(23)22-10-7-20-8-11-22/h1-5,16-17,20H,6-14,19H2/t16-,17+/m1/s1. The number of carbonyl (C=O) groups is 1. The van der Waals surface area contributed by atoms with Gasteiger partial charge in [0.1, 0.15) is 0 Å². The van der Waals surface area contributed by atoms with Crippen LogP contribution < -0.4 is 11.1 Å². The van der Waals surface area contributed by atoms with Gasteiger partial charge in [-0.15, -0.1) is 0 Å². The molecule has 5 heteroatoms. The second kappa shape index (κ2) is 7.90. The molecular formula is C18H28N4O. The number of carbonyl (C=O) groups excluding carboxylic acids is 1. The number of nitrogens with one attached hydrogen (secondary N) is 1. The first-order chi connectivity index (χ1) is 11.3. The van der Waals surface area contributed by atoms with Crippen molar-refractivity contribution in [3.63, 3.8) is 0 Å². The Bertz CT molecular complexity index is 501. The smallest absolute Gasteiger partial charge is 0.223 e. The summed E-state index contributed by atoms with van der Waals surface area (Å²) < 4.78 is 0. The minimum Gasteiger partial charge on any atom is -0.340 e. The Hall–Kier alpha value is -1.43. The molecule has 3 rings (SSSR count). The number of likely N-dealkylation sites (tertiary alicyclic amines) is 1. The lowest BCUT2D eigenvalue weighted by atomic mass is 9.89. The molecule has 0 unspecified atom stereocenters. The lowest BCUT2D eigenvalue weighted by Gasteiger charge is -2.28. The fraction of sp³-hybridized carbons (Fsp3) is 0.611. The number of nitrogens with two attached hydrogens (primary N) is 1. The quantitative estimate of drug-likeness (QED) is 0.830. The lowest BCUT2D eigenvalue weighted by Crippen LogP contribution is -2.47. The lowest BCUT2D eigenvalue weighted by molar-refractivity contribution is -0.132. The van der Waals surface area contributed by atoms with Gasteiger partial charge in [0.05, 0.1) is 0 Å². The van der Waals surface area contributed by atoms with Crippen molar-refractivity contribution in [3.8, 4) is 0 Å². The number of benzene rings is 1. The molecule has 1 amide bonds. The van der Waals surface area contributed by atoms with Gasteiger partial charge in [0.15, 0.2) is 0 Å². The van der Waals surface area contributed by atoms with E-state index in [0.717, 1.165) is 45.8 Å². The normalized spacial score (nSPS) is 25.7. The zero-order valence-corrected chi connectivity index (χ0v) is 13.8. The molecular weight excluding hydrogens is 288 g/mol. The average Bonchev–Trinajstić information content (AvgIpc) is 3.04. The van der Waals surface area contributed by atoms with Crippen LogP contribution in [0.15, 0.2) is 30.3 Å². The van der Waals surface area contributed by atoms with Gasteiger partial charge in [-0.3, -0.25) is 4.79 Å². The van der Waals surface area contributed by atoms with Crippen LogP contribution in [0.3, 0.4) is 0 Å². The van der Waals surface area contributed by atoms with Crippen LogP contribution in [-0.2, 0) is 4.79 Å². The van der Waals surface area contributed by atoms with Gasteiger partial charge in [-0.25, -0.2) is 0 Å². The van der Waals surface area contributed by atoms with E-state index >= 15 is 0 Å². The second-order valence-corrected chi connectivity index (χ2v) is 6.65. The third-order valence-corrected chi connectivity index (χ3v) is 5.16. The molecule has 3 N–H and O–H groups in total. The highest BCUT2D eigenvalue weighted by atomic mass is 16.2. The third kappa shape index (κ3) is 4.10.